The number of hydrogen-bond acceptors (Lipinski definition) is 5. The van der Waals surface area contributed by atoms with E-state index in [0.29, 0.717) is 49.3 Å². The maximum absolute atomic E-state index is 13.0. The standard InChI is InChI=1S/C23H30BrNO5/c1-6-25(15-16-9-10-19(27-4)20(11-16)28-5)23(26)13-17-12-21(29-7-2)22(30-8-3)14-18(17)24/h9-12,14H,6-8,13,15H2,1-5H3. The van der Waals surface area contributed by atoms with Crippen LogP contribution in [0.15, 0.2) is 34.8 Å². The first-order chi connectivity index (χ1) is 14.5. The molecule has 0 aromatic heterocycles. The third-order valence-corrected chi connectivity index (χ3v) is 5.35. The van der Waals surface area contributed by atoms with E-state index >= 15 is 0 Å². The van der Waals surface area contributed by atoms with Crippen LogP contribution in [0.3, 0.4) is 0 Å². The van der Waals surface area contributed by atoms with E-state index in [2.05, 4.69) is 15.9 Å². The molecular formula is C23H30BrNO5. The van der Waals surface area contributed by atoms with Crippen molar-refractivity contribution >= 4 is 21.8 Å². The van der Waals surface area contributed by atoms with Gasteiger partial charge in [0.2, 0.25) is 5.91 Å². The molecule has 0 aliphatic carbocycles. The molecule has 6 nitrogen and oxygen atoms in total. The molecule has 2 aromatic carbocycles. The molecule has 0 unspecified atom stereocenters. The molecule has 0 atom stereocenters. The molecule has 2 aromatic rings. The predicted molar refractivity (Wildman–Crippen MR) is 121 cm³/mol. The minimum atomic E-state index is 0.0274. The lowest BCUT2D eigenvalue weighted by molar-refractivity contribution is -0.130. The van der Waals surface area contributed by atoms with Gasteiger partial charge < -0.3 is 23.8 Å². The first-order valence-corrected chi connectivity index (χ1v) is 10.8. The van der Waals surface area contributed by atoms with Crippen molar-refractivity contribution in [3.05, 3.63) is 45.9 Å². The molecule has 30 heavy (non-hydrogen) atoms. The van der Waals surface area contributed by atoms with Crippen LogP contribution in [0.5, 0.6) is 23.0 Å². The largest absolute Gasteiger partial charge is 0.493 e. The van der Waals surface area contributed by atoms with Gasteiger partial charge in [0, 0.05) is 17.6 Å². The van der Waals surface area contributed by atoms with Crippen LogP contribution >= 0.6 is 15.9 Å². The van der Waals surface area contributed by atoms with Crippen molar-refractivity contribution in [1.29, 1.82) is 0 Å². The van der Waals surface area contributed by atoms with E-state index in [9.17, 15) is 4.79 Å². The van der Waals surface area contributed by atoms with Crippen molar-refractivity contribution < 1.29 is 23.7 Å². The van der Waals surface area contributed by atoms with Crippen LogP contribution in [-0.4, -0.2) is 44.8 Å². The lowest BCUT2D eigenvalue weighted by Gasteiger charge is -2.22. The summed E-state index contributed by atoms with van der Waals surface area (Å²) in [5, 5.41) is 0. The summed E-state index contributed by atoms with van der Waals surface area (Å²) in [5.41, 5.74) is 1.83. The van der Waals surface area contributed by atoms with Gasteiger partial charge in [-0.1, -0.05) is 22.0 Å². The van der Waals surface area contributed by atoms with Crippen LogP contribution in [0.25, 0.3) is 0 Å². The summed E-state index contributed by atoms with van der Waals surface area (Å²) in [4.78, 5) is 14.8. The Morgan fingerprint density at radius 2 is 1.53 bits per heavy atom. The quantitative estimate of drug-likeness (QED) is 0.460. The fourth-order valence-corrected chi connectivity index (χ4v) is 3.56. The highest BCUT2D eigenvalue weighted by molar-refractivity contribution is 9.10. The summed E-state index contributed by atoms with van der Waals surface area (Å²) in [6.07, 6.45) is 0.258. The Bertz CT molecular complexity index is 856. The minimum Gasteiger partial charge on any atom is -0.493 e. The molecule has 2 rings (SSSR count). The fraction of sp³-hybridized carbons (Fsp3) is 0.435. The lowest BCUT2D eigenvalue weighted by atomic mass is 10.1. The summed E-state index contributed by atoms with van der Waals surface area (Å²) in [7, 11) is 3.20. The zero-order chi connectivity index (χ0) is 22.1. The van der Waals surface area contributed by atoms with Crippen LogP contribution in [-0.2, 0) is 17.8 Å². The van der Waals surface area contributed by atoms with E-state index in [-0.39, 0.29) is 12.3 Å². The Kier molecular flexibility index (Phi) is 9.30. The molecule has 1 amide bonds. The number of halogens is 1. The number of benzene rings is 2. The van der Waals surface area contributed by atoms with Gasteiger partial charge in [0.05, 0.1) is 33.9 Å². The van der Waals surface area contributed by atoms with Crippen LogP contribution in [0.4, 0.5) is 0 Å². The number of carbonyl (C=O) groups is 1. The lowest BCUT2D eigenvalue weighted by Crippen LogP contribution is -2.31. The van der Waals surface area contributed by atoms with Crippen molar-refractivity contribution in [1.82, 2.24) is 4.90 Å². The number of hydrogen-bond donors (Lipinski definition) is 0. The Labute approximate surface area is 187 Å². The van der Waals surface area contributed by atoms with Crippen molar-refractivity contribution in [2.75, 3.05) is 34.0 Å². The molecule has 0 N–H and O–H groups in total. The third-order valence-electron chi connectivity index (χ3n) is 4.61. The SMILES string of the molecule is CCOc1cc(Br)c(CC(=O)N(CC)Cc2ccc(OC)c(OC)c2)cc1OCC. The molecule has 0 bridgehead atoms. The monoisotopic (exact) mass is 479 g/mol. The van der Waals surface area contributed by atoms with Gasteiger partial charge in [-0.2, -0.15) is 0 Å². The van der Waals surface area contributed by atoms with Gasteiger partial charge in [-0.25, -0.2) is 0 Å². The average molecular weight is 480 g/mol. The van der Waals surface area contributed by atoms with Gasteiger partial charge in [-0.15, -0.1) is 0 Å². The van der Waals surface area contributed by atoms with E-state index in [1.54, 1.807) is 14.2 Å². The number of nitrogens with zero attached hydrogens (tertiary/aromatic N) is 1. The molecule has 0 fully saturated rings. The van der Waals surface area contributed by atoms with Gasteiger partial charge in [-0.3, -0.25) is 4.79 Å². The highest BCUT2D eigenvalue weighted by Crippen LogP contribution is 2.34. The molecule has 164 valence electrons. The van der Waals surface area contributed by atoms with Crippen molar-refractivity contribution in [2.45, 2.75) is 33.7 Å². The number of methoxy groups -OCH3 is 2. The van der Waals surface area contributed by atoms with Crippen molar-refractivity contribution in [3.8, 4) is 23.0 Å². The van der Waals surface area contributed by atoms with Gasteiger partial charge in [-0.05, 0) is 56.2 Å². The predicted octanol–water partition coefficient (Wildman–Crippen LogP) is 4.85. The number of carbonyl (C=O) groups excluding carboxylic acids is 1. The highest BCUT2D eigenvalue weighted by Gasteiger charge is 2.18. The number of likely N-dealkylation sites (N-methyl/N-ethyl adjacent to an activating group) is 1. The topological polar surface area (TPSA) is 57.2 Å². The second-order valence-electron chi connectivity index (χ2n) is 6.53. The number of amides is 1. The molecule has 0 aliphatic rings. The molecule has 7 heteroatoms. The smallest absolute Gasteiger partial charge is 0.227 e. The first kappa shape index (κ1) is 23.9. The molecular weight excluding hydrogens is 450 g/mol. The van der Waals surface area contributed by atoms with Crippen LogP contribution < -0.4 is 18.9 Å². The summed E-state index contributed by atoms with van der Waals surface area (Å²) in [6.45, 7) is 7.97. The molecule has 0 saturated heterocycles. The fourth-order valence-electron chi connectivity index (χ4n) is 3.10. The molecule has 0 saturated carbocycles. The van der Waals surface area contributed by atoms with Crippen LogP contribution in [0, 0.1) is 0 Å². The zero-order valence-corrected chi connectivity index (χ0v) is 19.9. The van der Waals surface area contributed by atoms with Gasteiger partial charge >= 0.3 is 0 Å². The van der Waals surface area contributed by atoms with E-state index in [1.165, 1.54) is 0 Å². The Morgan fingerprint density at radius 1 is 0.900 bits per heavy atom. The number of ether oxygens (including phenoxy) is 4. The molecule has 0 radical (unpaired) electrons. The second-order valence-corrected chi connectivity index (χ2v) is 7.38. The third kappa shape index (κ3) is 6.05. The van der Waals surface area contributed by atoms with Crippen LogP contribution in [0.2, 0.25) is 0 Å². The van der Waals surface area contributed by atoms with Crippen molar-refractivity contribution in [2.24, 2.45) is 0 Å². The highest BCUT2D eigenvalue weighted by atomic mass is 79.9. The van der Waals surface area contributed by atoms with E-state index < -0.39 is 0 Å². The second kappa shape index (κ2) is 11.7. The average Bonchev–Trinajstić information content (AvgIpc) is 2.75. The van der Waals surface area contributed by atoms with Gasteiger partial charge in [0.15, 0.2) is 23.0 Å². The zero-order valence-electron chi connectivity index (χ0n) is 18.3. The van der Waals surface area contributed by atoms with E-state index in [1.807, 2.05) is 56.0 Å². The van der Waals surface area contributed by atoms with Crippen LogP contribution in [0.1, 0.15) is 31.9 Å². The molecule has 0 aliphatic heterocycles. The Hall–Kier alpha value is -2.41. The molecule has 0 heterocycles. The summed E-state index contributed by atoms with van der Waals surface area (Å²) >= 11 is 3.57. The summed E-state index contributed by atoms with van der Waals surface area (Å²) in [5.74, 6) is 2.65. The number of rotatable bonds is 11. The van der Waals surface area contributed by atoms with Crippen molar-refractivity contribution in [3.63, 3.8) is 0 Å². The summed E-state index contributed by atoms with van der Waals surface area (Å²) < 4.78 is 22.8. The Balaban J connectivity index is 2.19. The summed E-state index contributed by atoms with van der Waals surface area (Å²) in [6, 6.07) is 9.43. The van der Waals surface area contributed by atoms with Gasteiger partial charge in [0.25, 0.3) is 0 Å². The van der Waals surface area contributed by atoms with E-state index in [0.717, 1.165) is 15.6 Å². The Morgan fingerprint density at radius 3 is 2.10 bits per heavy atom. The minimum absolute atomic E-state index is 0.0274. The maximum Gasteiger partial charge on any atom is 0.227 e. The molecule has 0 spiro atoms. The first-order valence-electron chi connectivity index (χ1n) is 10.0. The maximum atomic E-state index is 13.0. The van der Waals surface area contributed by atoms with E-state index in [4.69, 9.17) is 18.9 Å². The van der Waals surface area contributed by atoms with Gasteiger partial charge in [0.1, 0.15) is 0 Å². The normalized spacial score (nSPS) is 10.5.